The van der Waals surface area contributed by atoms with E-state index in [4.69, 9.17) is 10.5 Å². The maximum absolute atomic E-state index is 12.5. The number of nitrogens with two attached hydrogens (primary N) is 1. The van der Waals surface area contributed by atoms with Crippen LogP contribution in [0, 0.1) is 5.92 Å². The summed E-state index contributed by atoms with van der Waals surface area (Å²) in [6.45, 7) is 3.84. The number of morpholine rings is 1. The Hall–Kier alpha value is -0.210. The van der Waals surface area contributed by atoms with Crippen LogP contribution in [0.15, 0.2) is 0 Å². The summed E-state index contributed by atoms with van der Waals surface area (Å²) >= 11 is 0. The van der Waals surface area contributed by atoms with E-state index in [2.05, 4.69) is 0 Å². The molecule has 2 aliphatic heterocycles. The summed E-state index contributed by atoms with van der Waals surface area (Å²) in [6.07, 6.45) is 2.94. The first-order valence-electron chi connectivity index (χ1n) is 6.67. The van der Waals surface area contributed by atoms with Gasteiger partial charge in [0.1, 0.15) is 0 Å². The van der Waals surface area contributed by atoms with Gasteiger partial charge in [-0.1, -0.05) is 0 Å². The number of nitrogens with zero attached hydrogens (tertiary/aromatic N) is 2. The van der Waals surface area contributed by atoms with Crippen molar-refractivity contribution in [1.82, 2.24) is 8.61 Å². The maximum atomic E-state index is 12.5. The van der Waals surface area contributed by atoms with Crippen LogP contribution in [-0.4, -0.2) is 63.0 Å². The molecule has 1 unspecified atom stereocenters. The van der Waals surface area contributed by atoms with Crippen molar-refractivity contribution in [2.24, 2.45) is 11.7 Å². The topological polar surface area (TPSA) is 75.9 Å². The Labute approximate surface area is 109 Å². The van der Waals surface area contributed by atoms with Crippen LogP contribution in [0.2, 0.25) is 0 Å². The molecule has 0 aromatic carbocycles. The van der Waals surface area contributed by atoms with Gasteiger partial charge in [0.25, 0.3) is 10.2 Å². The standard InChI is InChI=1S/C11H23N3O3S/c12-4-3-11-2-1-5-14(10-11)18(15,16)13-6-8-17-9-7-13/h11H,1-10,12H2. The molecule has 2 fully saturated rings. The van der Waals surface area contributed by atoms with Crippen LogP contribution >= 0.6 is 0 Å². The van der Waals surface area contributed by atoms with Gasteiger partial charge < -0.3 is 10.5 Å². The van der Waals surface area contributed by atoms with Gasteiger partial charge in [0.05, 0.1) is 13.2 Å². The lowest BCUT2D eigenvalue weighted by molar-refractivity contribution is 0.0690. The van der Waals surface area contributed by atoms with E-state index in [9.17, 15) is 8.42 Å². The molecule has 0 aromatic heterocycles. The number of piperidine rings is 1. The molecule has 106 valence electrons. The van der Waals surface area contributed by atoms with E-state index < -0.39 is 10.2 Å². The third-order valence-electron chi connectivity index (χ3n) is 3.68. The summed E-state index contributed by atoms with van der Waals surface area (Å²) in [5.74, 6) is 0.416. The van der Waals surface area contributed by atoms with Crippen molar-refractivity contribution < 1.29 is 13.2 Å². The summed E-state index contributed by atoms with van der Waals surface area (Å²) < 4.78 is 33.3. The number of hydrogen-bond acceptors (Lipinski definition) is 4. The van der Waals surface area contributed by atoms with Crippen LogP contribution in [0.25, 0.3) is 0 Å². The first-order valence-corrected chi connectivity index (χ1v) is 8.07. The fourth-order valence-corrected chi connectivity index (χ4v) is 4.34. The minimum atomic E-state index is -3.29. The van der Waals surface area contributed by atoms with E-state index >= 15 is 0 Å². The Morgan fingerprint density at radius 1 is 1.17 bits per heavy atom. The predicted octanol–water partition coefficient (Wildman–Crippen LogP) is -0.376. The highest BCUT2D eigenvalue weighted by atomic mass is 32.2. The molecule has 6 nitrogen and oxygen atoms in total. The lowest BCUT2D eigenvalue weighted by Gasteiger charge is -2.36. The van der Waals surface area contributed by atoms with Crippen molar-refractivity contribution >= 4 is 10.2 Å². The molecule has 0 spiro atoms. The molecule has 2 N–H and O–H groups in total. The highest BCUT2D eigenvalue weighted by molar-refractivity contribution is 7.86. The van der Waals surface area contributed by atoms with E-state index in [1.807, 2.05) is 0 Å². The van der Waals surface area contributed by atoms with Gasteiger partial charge in [0.2, 0.25) is 0 Å². The van der Waals surface area contributed by atoms with Crippen molar-refractivity contribution in [3.63, 3.8) is 0 Å². The molecule has 0 saturated carbocycles. The molecular formula is C11H23N3O3S. The maximum Gasteiger partial charge on any atom is 0.282 e. The highest BCUT2D eigenvalue weighted by Gasteiger charge is 2.34. The fraction of sp³-hybridized carbons (Fsp3) is 1.00. The second-order valence-electron chi connectivity index (χ2n) is 4.96. The minimum absolute atomic E-state index is 0.416. The highest BCUT2D eigenvalue weighted by Crippen LogP contribution is 2.23. The zero-order valence-corrected chi connectivity index (χ0v) is 11.6. The van der Waals surface area contributed by atoms with Gasteiger partial charge in [-0.2, -0.15) is 17.0 Å². The number of rotatable bonds is 4. The molecule has 0 aliphatic carbocycles. The Morgan fingerprint density at radius 3 is 2.56 bits per heavy atom. The summed E-state index contributed by atoms with van der Waals surface area (Å²) in [4.78, 5) is 0. The van der Waals surface area contributed by atoms with Crippen molar-refractivity contribution in [1.29, 1.82) is 0 Å². The smallest absolute Gasteiger partial charge is 0.282 e. The molecule has 2 rings (SSSR count). The molecule has 2 saturated heterocycles. The monoisotopic (exact) mass is 277 g/mol. The molecule has 0 radical (unpaired) electrons. The normalized spacial score (nSPS) is 28.4. The predicted molar refractivity (Wildman–Crippen MR) is 69.3 cm³/mol. The fourth-order valence-electron chi connectivity index (χ4n) is 2.65. The zero-order valence-electron chi connectivity index (χ0n) is 10.8. The SMILES string of the molecule is NCCC1CCCN(S(=O)(=O)N2CCOCC2)C1. The van der Waals surface area contributed by atoms with Crippen LogP contribution in [0.3, 0.4) is 0 Å². The van der Waals surface area contributed by atoms with Crippen LogP contribution in [0.4, 0.5) is 0 Å². The quantitative estimate of drug-likeness (QED) is 0.760. The molecule has 1 atom stereocenters. The van der Waals surface area contributed by atoms with Gasteiger partial charge in [-0.3, -0.25) is 0 Å². The number of hydrogen-bond donors (Lipinski definition) is 1. The molecule has 2 aliphatic rings. The van der Waals surface area contributed by atoms with Gasteiger partial charge in [-0.15, -0.1) is 0 Å². The minimum Gasteiger partial charge on any atom is -0.379 e. The Morgan fingerprint density at radius 2 is 1.89 bits per heavy atom. The van der Waals surface area contributed by atoms with Gasteiger partial charge in [-0.05, 0) is 31.7 Å². The second-order valence-corrected chi connectivity index (χ2v) is 6.89. The van der Waals surface area contributed by atoms with Crippen LogP contribution in [0.5, 0.6) is 0 Å². The third kappa shape index (κ3) is 3.21. The van der Waals surface area contributed by atoms with Gasteiger partial charge in [-0.25, -0.2) is 0 Å². The summed E-state index contributed by atoms with van der Waals surface area (Å²) in [5.41, 5.74) is 5.56. The van der Waals surface area contributed by atoms with Crippen LogP contribution in [0.1, 0.15) is 19.3 Å². The first-order chi connectivity index (χ1) is 8.64. The van der Waals surface area contributed by atoms with Crippen LogP contribution in [-0.2, 0) is 14.9 Å². The lowest BCUT2D eigenvalue weighted by Crippen LogP contribution is -2.51. The Kier molecular flexibility index (Phi) is 4.97. The molecule has 7 heteroatoms. The summed E-state index contributed by atoms with van der Waals surface area (Å²) in [6, 6.07) is 0. The average molecular weight is 277 g/mol. The third-order valence-corrected chi connectivity index (χ3v) is 5.68. The summed E-state index contributed by atoms with van der Waals surface area (Å²) in [5, 5.41) is 0. The Bertz CT molecular complexity index is 353. The van der Waals surface area contributed by atoms with Gasteiger partial charge >= 0.3 is 0 Å². The van der Waals surface area contributed by atoms with E-state index in [1.165, 1.54) is 0 Å². The van der Waals surface area contributed by atoms with E-state index in [1.54, 1.807) is 8.61 Å². The molecule has 0 aromatic rings. The number of ether oxygens (including phenoxy) is 1. The molecule has 18 heavy (non-hydrogen) atoms. The lowest BCUT2D eigenvalue weighted by atomic mass is 9.96. The van der Waals surface area contributed by atoms with E-state index in [0.717, 1.165) is 19.3 Å². The largest absolute Gasteiger partial charge is 0.379 e. The van der Waals surface area contributed by atoms with Gasteiger partial charge in [0, 0.05) is 26.2 Å². The molecule has 2 heterocycles. The molecular weight excluding hydrogens is 254 g/mol. The average Bonchev–Trinajstić information content (AvgIpc) is 2.40. The van der Waals surface area contributed by atoms with Crippen molar-refractivity contribution in [3.05, 3.63) is 0 Å². The van der Waals surface area contributed by atoms with Crippen molar-refractivity contribution in [2.45, 2.75) is 19.3 Å². The van der Waals surface area contributed by atoms with Crippen molar-refractivity contribution in [3.8, 4) is 0 Å². The Balaban J connectivity index is 1.99. The zero-order chi connectivity index (χ0) is 13.0. The van der Waals surface area contributed by atoms with Crippen molar-refractivity contribution in [2.75, 3.05) is 45.9 Å². The molecule has 0 bridgehead atoms. The van der Waals surface area contributed by atoms with E-state index in [-0.39, 0.29) is 0 Å². The summed E-state index contributed by atoms with van der Waals surface area (Å²) in [7, 11) is -3.29. The second kappa shape index (κ2) is 6.29. The van der Waals surface area contributed by atoms with Crippen LogP contribution < -0.4 is 5.73 Å². The van der Waals surface area contributed by atoms with Gasteiger partial charge in [0.15, 0.2) is 0 Å². The first kappa shape index (κ1) is 14.2. The van der Waals surface area contributed by atoms with E-state index in [0.29, 0.717) is 51.9 Å². The molecule has 0 amide bonds.